The maximum absolute atomic E-state index is 13.8. The van der Waals surface area contributed by atoms with Gasteiger partial charge in [-0.05, 0) is 30.3 Å². The van der Waals surface area contributed by atoms with Crippen LogP contribution in [0.2, 0.25) is 5.02 Å². The molecule has 5 heteroatoms. The Morgan fingerprint density at radius 2 is 1.85 bits per heavy atom. The van der Waals surface area contributed by atoms with Crippen molar-refractivity contribution >= 4 is 11.6 Å². The monoisotopic (exact) mass is 295 g/mol. The van der Waals surface area contributed by atoms with Crippen molar-refractivity contribution in [2.24, 2.45) is 5.73 Å². The number of hydrogen-bond donors (Lipinski definition) is 1. The molecule has 0 saturated carbocycles. The van der Waals surface area contributed by atoms with Gasteiger partial charge in [0.15, 0.2) is 0 Å². The van der Waals surface area contributed by atoms with Gasteiger partial charge in [-0.3, -0.25) is 0 Å². The first kappa shape index (κ1) is 13.3. The zero-order chi connectivity index (χ0) is 14.3. The summed E-state index contributed by atoms with van der Waals surface area (Å²) in [5.74, 6) is -0.736. The number of halogens is 3. The molecule has 1 aliphatic rings. The first-order chi connectivity index (χ1) is 9.56. The molecule has 0 amide bonds. The van der Waals surface area contributed by atoms with Crippen LogP contribution in [0.15, 0.2) is 36.4 Å². The van der Waals surface area contributed by atoms with Gasteiger partial charge in [-0.2, -0.15) is 0 Å². The minimum atomic E-state index is -0.736. The Balaban J connectivity index is 2.01. The summed E-state index contributed by atoms with van der Waals surface area (Å²) in [5, 5.41) is 0.554. The van der Waals surface area contributed by atoms with E-state index in [-0.39, 0.29) is 11.6 Å². The van der Waals surface area contributed by atoms with Crippen molar-refractivity contribution in [2.45, 2.75) is 18.6 Å². The van der Waals surface area contributed by atoms with Crippen LogP contribution in [0.25, 0.3) is 0 Å². The molecule has 2 nitrogen and oxygen atoms in total. The second-order valence-electron chi connectivity index (χ2n) is 4.77. The van der Waals surface area contributed by atoms with Gasteiger partial charge in [0.1, 0.15) is 23.5 Å². The molecule has 2 aromatic rings. The van der Waals surface area contributed by atoms with E-state index in [2.05, 4.69) is 0 Å². The lowest BCUT2D eigenvalue weighted by molar-refractivity contribution is 0.153. The van der Waals surface area contributed by atoms with E-state index in [1.165, 1.54) is 18.2 Å². The maximum Gasteiger partial charge on any atom is 0.133 e. The molecule has 0 radical (unpaired) electrons. The molecular formula is C15H12ClF2NO. The molecule has 0 saturated heterocycles. The van der Waals surface area contributed by atoms with Crippen LogP contribution in [0.5, 0.6) is 5.75 Å². The van der Waals surface area contributed by atoms with Gasteiger partial charge < -0.3 is 10.5 Å². The first-order valence-electron chi connectivity index (χ1n) is 6.22. The molecule has 2 atom stereocenters. The van der Waals surface area contributed by atoms with Gasteiger partial charge in [-0.1, -0.05) is 17.7 Å². The van der Waals surface area contributed by atoms with Crippen LogP contribution in [0.3, 0.4) is 0 Å². The quantitative estimate of drug-likeness (QED) is 0.858. The summed E-state index contributed by atoms with van der Waals surface area (Å²) in [6, 6.07) is 8.42. The molecule has 0 spiro atoms. The minimum absolute atomic E-state index is 0.0800. The van der Waals surface area contributed by atoms with E-state index < -0.39 is 17.7 Å². The Morgan fingerprint density at radius 3 is 2.55 bits per heavy atom. The molecule has 2 aromatic carbocycles. The van der Waals surface area contributed by atoms with Crippen LogP contribution < -0.4 is 10.5 Å². The zero-order valence-corrected chi connectivity index (χ0v) is 11.2. The fraction of sp³-hybridized carbons (Fsp3) is 0.200. The van der Waals surface area contributed by atoms with E-state index in [0.29, 0.717) is 17.2 Å². The minimum Gasteiger partial charge on any atom is -0.485 e. The highest BCUT2D eigenvalue weighted by Gasteiger charge is 2.30. The molecule has 3 rings (SSSR count). The molecule has 0 aromatic heterocycles. The van der Waals surface area contributed by atoms with Gasteiger partial charge in [-0.25, -0.2) is 8.78 Å². The summed E-state index contributed by atoms with van der Waals surface area (Å²) >= 11 is 5.91. The van der Waals surface area contributed by atoms with E-state index in [1.807, 2.05) is 0 Å². The molecule has 0 bridgehead atoms. The fourth-order valence-corrected chi connectivity index (χ4v) is 2.65. The number of nitrogens with two attached hydrogens (primary N) is 1. The van der Waals surface area contributed by atoms with Crippen molar-refractivity contribution < 1.29 is 13.5 Å². The average molecular weight is 296 g/mol. The van der Waals surface area contributed by atoms with Crippen LogP contribution in [0.4, 0.5) is 8.78 Å². The van der Waals surface area contributed by atoms with Crippen molar-refractivity contribution in [1.29, 1.82) is 0 Å². The molecule has 1 heterocycles. The highest BCUT2D eigenvalue weighted by molar-refractivity contribution is 6.30. The second kappa shape index (κ2) is 5.04. The number of benzene rings is 2. The van der Waals surface area contributed by atoms with Crippen molar-refractivity contribution in [2.75, 3.05) is 0 Å². The normalized spacial score (nSPS) is 21.2. The third kappa shape index (κ3) is 2.25. The predicted molar refractivity (Wildman–Crippen MR) is 72.7 cm³/mol. The van der Waals surface area contributed by atoms with Gasteiger partial charge in [-0.15, -0.1) is 0 Å². The van der Waals surface area contributed by atoms with Gasteiger partial charge in [0.05, 0.1) is 5.56 Å². The Hall–Kier alpha value is -1.65. The Kier molecular flexibility index (Phi) is 3.36. The summed E-state index contributed by atoms with van der Waals surface area (Å²) in [7, 11) is 0. The van der Waals surface area contributed by atoms with Crippen LogP contribution in [-0.2, 0) is 0 Å². The number of ether oxygens (including phenoxy) is 1. The lowest BCUT2D eigenvalue weighted by atomic mass is 9.93. The topological polar surface area (TPSA) is 35.2 Å². The van der Waals surface area contributed by atoms with E-state index in [4.69, 9.17) is 22.1 Å². The SMILES string of the molecule is N[C@@H]1CC(c2c(F)cccc2F)Oc2ccc(Cl)cc21. The van der Waals surface area contributed by atoms with E-state index >= 15 is 0 Å². The van der Waals surface area contributed by atoms with E-state index in [9.17, 15) is 8.78 Å². The number of rotatable bonds is 1. The summed E-state index contributed by atoms with van der Waals surface area (Å²) < 4.78 is 33.3. The molecular weight excluding hydrogens is 284 g/mol. The lowest BCUT2D eigenvalue weighted by Crippen LogP contribution is -2.25. The van der Waals surface area contributed by atoms with Crippen LogP contribution in [0, 0.1) is 11.6 Å². The van der Waals surface area contributed by atoms with Crippen molar-refractivity contribution in [3.63, 3.8) is 0 Å². The van der Waals surface area contributed by atoms with Crippen molar-refractivity contribution in [1.82, 2.24) is 0 Å². The highest BCUT2D eigenvalue weighted by atomic mass is 35.5. The first-order valence-corrected chi connectivity index (χ1v) is 6.59. The Morgan fingerprint density at radius 1 is 1.15 bits per heavy atom. The van der Waals surface area contributed by atoms with Crippen LogP contribution >= 0.6 is 11.6 Å². The molecule has 104 valence electrons. The summed E-state index contributed by atoms with van der Waals surface area (Å²) in [5.41, 5.74) is 6.73. The maximum atomic E-state index is 13.8. The Labute approximate surface area is 120 Å². The third-order valence-corrected chi connectivity index (χ3v) is 3.67. The van der Waals surface area contributed by atoms with Crippen LogP contribution in [-0.4, -0.2) is 0 Å². The Bertz CT molecular complexity index is 642. The fourth-order valence-electron chi connectivity index (χ4n) is 2.47. The van der Waals surface area contributed by atoms with Crippen molar-refractivity contribution in [3.05, 3.63) is 64.2 Å². The second-order valence-corrected chi connectivity index (χ2v) is 5.20. The lowest BCUT2D eigenvalue weighted by Gasteiger charge is -2.31. The highest BCUT2D eigenvalue weighted by Crippen LogP contribution is 2.41. The molecule has 0 fully saturated rings. The third-order valence-electron chi connectivity index (χ3n) is 3.43. The van der Waals surface area contributed by atoms with Gasteiger partial charge in [0, 0.05) is 23.0 Å². The summed E-state index contributed by atoms with van der Waals surface area (Å²) in [4.78, 5) is 0. The molecule has 0 aliphatic carbocycles. The zero-order valence-electron chi connectivity index (χ0n) is 10.4. The van der Waals surface area contributed by atoms with E-state index in [0.717, 1.165) is 5.56 Å². The predicted octanol–water partition coefficient (Wildman–Crippen LogP) is 4.14. The largest absolute Gasteiger partial charge is 0.485 e. The summed E-state index contributed by atoms with van der Waals surface area (Å²) in [6.45, 7) is 0. The number of fused-ring (bicyclic) bond motifs is 1. The molecule has 1 unspecified atom stereocenters. The number of hydrogen-bond acceptors (Lipinski definition) is 2. The molecule has 20 heavy (non-hydrogen) atoms. The summed E-state index contributed by atoms with van der Waals surface area (Å²) in [6.07, 6.45) is -0.439. The van der Waals surface area contributed by atoms with E-state index in [1.54, 1.807) is 18.2 Å². The van der Waals surface area contributed by atoms with Crippen LogP contribution in [0.1, 0.15) is 29.7 Å². The van der Waals surface area contributed by atoms with Gasteiger partial charge >= 0.3 is 0 Å². The van der Waals surface area contributed by atoms with Gasteiger partial charge in [0.2, 0.25) is 0 Å². The molecule has 1 aliphatic heterocycles. The van der Waals surface area contributed by atoms with Crippen molar-refractivity contribution in [3.8, 4) is 5.75 Å². The standard InChI is InChI=1S/C15H12ClF2NO/c16-8-4-5-13-9(6-8)12(19)7-14(20-13)15-10(17)2-1-3-11(15)18/h1-6,12,14H,7,19H2/t12-,14?/m1/s1. The smallest absolute Gasteiger partial charge is 0.133 e. The average Bonchev–Trinajstić information content (AvgIpc) is 2.39. The van der Waals surface area contributed by atoms with Gasteiger partial charge in [0.25, 0.3) is 0 Å². The molecule has 2 N–H and O–H groups in total.